The molecule has 0 amide bonds. The van der Waals surface area contributed by atoms with Crippen LogP contribution in [0.3, 0.4) is 0 Å². The van der Waals surface area contributed by atoms with Crippen molar-refractivity contribution >= 4 is 43.8 Å². The van der Waals surface area contributed by atoms with E-state index in [-0.39, 0.29) is 0 Å². The zero-order chi connectivity index (χ0) is 8.04. The highest BCUT2D eigenvalue weighted by Crippen LogP contribution is 2.55. The molecule has 0 aromatic heterocycles. The van der Waals surface area contributed by atoms with Crippen molar-refractivity contribution in [3.05, 3.63) is 0 Å². The lowest BCUT2D eigenvalue weighted by molar-refractivity contribution is 0.344. The van der Waals surface area contributed by atoms with Gasteiger partial charge in [-0.25, -0.2) is 12.5 Å². The van der Waals surface area contributed by atoms with Gasteiger partial charge in [0, 0.05) is 36.6 Å². The van der Waals surface area contributed by atoms with Gasteiger partial charge in [-0.15, -0.1) is 0 Å². The molecule has 0 saturated carbocycles. The molecule has 0 aromatic rings. The van der Waals surface area contributed by atoms with Crippen molar-refractivity contribution in [3.8, 4) is 0 Å². The van der Waals surface area contributed by atoms with E-state index < -0.39 is 7.82 Å². The van der Waals surface area contributed by atoms with Crippen LogP contribution < -0.4 is 0 Å². The fourth-order valence-corrected chi connectivity index (χ4v) is 2.60. The van der Waals surface area contributed by atoms with Gasteiger partial charge in [0.15, 0.2) is 0 Å². The summed E-state index contributed by atoms with van der Waals surface area (Å²) in [5.74, 6) is 0. The lowest BCUT2D eigenvalue weighted by atomic mass is 12.0. The SMILES string of the molecule is CSOP(=O)(OCl)OSC. The van der Waals surface area contributed by atoms with Crippen molar-refractivity contribution < 1.29 is 16.6 Å². The first-order valence-electron chi connectivity index (χ1n) is 2.03. The van der Waals surface area contributed by atoms with Crippen LogP contribution in [0.4, 0.5) is 0 Å². The summed E-state index contributed by atoms with van der Waals surface area (Å²) in [7, 11) is -3.51. The molecule has 0 aliphatic rings. The number of halogens is 1. The number of hydrogen-bond donors (Lipinski definition) is 0. The predicted molar refractivity (Wildman–Crippen MR) is 43.7 cm³/mol. The largest absolute Gasteiger partial charge is 0.513 e. The molecule has 8 heteroatoms. The summed E-state index contributed by atoms with van der Waals surface area (Å²) in [6.07, 6.45) is 3.15. The van der Waals surface area contributed by atoms with Crippen molar-refractivity contribution in [2.75, 3.05) is 12.5 Å². The zero-order valence-corrected chi connectivity index (χ0v) is 8.56. The Bertz CT molecular complexity index is 122. The molecule has 0 aromatic carbocycles. The van der Waals surface area contributed by atoms with E-state index in [2.05, 4.69) is 12.0 Å². The average Bonchev–Trinajstić information content (AvgIpc) is 1.89. The Morgan fingerprint density at radius 2 is 1.70 bits per heavy atom. The lowest BCUT2D eigenvalue weighted by Gasteiger charge is -2.07. The van der Waals surface area contributed by atoms with Crippen LogP contribution in [0.15, 0.2) is 0 Å². The van der Waals surface area contributed by atoms with E-state index in [0.717, 1.165) is 24.1 Å². The number of rotatable bonds is 5. The smallest absolute Gasteiger partial charge is 0.224 e. The Morgan fingerprint density at radius 1 is 1.30 bits per heavy atom. The molecule has 0 rings (SSSR count). The third-order valence-electron chi connectivity index (χ3n) is 0.416. The average molecular weight is 225 g/mol. The van der Waals surface area contributed by atoms with Gasteiger partial charge in [-0.3, -0.25) is 0 Å². The quantitative estimate of drug-likeness (QED) is 0.529. The molecule has 0 heterocycles. The van der Waals surface area contributed by atoms with Crippen LogP contribution in [0.1, 0.15) is 0 Å². The normalized spacial score (nSPS) is 11.9. The van der Waals surface area contributed by atoms with Crippen molar-refractivity contribution in [3.63, 3.8) is 0 Å². The van der Waals surface area contributed by atoms with Crippen LogP contribution in [0.5, 0.6) is 0 Å². The molecule has 62 valence electrons. The summed E-state index contributed by atoms with van der Waals surface area (Å²) in [4.78, 5) is 0. The van der Waals surface area contributed by atoms with E-state index in [9.17, 15) is 4.57 Å². The summed E-state index contributed by atoms with van der Waals surface area (Å²) in [5.41, 5.74) is 0. The fraction of sp³-hybridized carbons (Fsp3) is 1.00. The van der Waals surface area contributed by atoms with Crippen LogP contribution in [0.2, 0.25) is 0 Å². The minimum absolute atomic E-state index is 0.862. The Balaban J connectivity index is 3.83. The molecule has 0 aliphatic heterocycles. The second kappa shape index (κ2) is 5.71. The van der Waals surface area contributed by atoms with Gasteiger partial charge in [-0.05, 0) is 0 Å². The van der Waals surface area contributed by atoms with Crippen molar-refractivity contribution in [2.45, 2.75) is 0 Å². The molecule has 0 spiro atoms. The minimum Gasteiger partial charge on any atom is -0.224 e. The first-order valence-corrected chi connectivity index (χ1v) is 6.10. The Hall–Kier alpha value is 1.10. The molecule has 0 radical (unpaired) electrons. The summed E-state index contributed by atoms with van der Waals surface area (Å²) in [6, 6.07) is 0. The monoisotopic (exact) mass is 224 g/mol. The number of hydrogen-bond acceptors (Lipinski definition) is 6. The van der Waals surface area contributed by atoms with Crippen LogP contribution in [0.25, 0.3) is 0 Å². The third-order valence-corrected chi connectivity index (χ3v) is 3.75. The first kappa shape index (κ1) is 11.1. The predicted octanol–water partition coefficient (Wildman–Crippen LogP) is 2.85. The molecule has 10 heavy (non-hydrogen) atoms. The van der Waals surface area contributed by atoms with Gasteiger partial charge in [0.25, 0.3) is 0 Å². The summed E-state index contributed by atoms with van der Waals surface area (Å²) in [5, 5.41) is 0. The number of phosphoric acid groups is 1. The first-order chi connectivity index (χ1) is 4.68. The van der Waals surface area contributed by atoms with Crippen molar-refractivity contribution in [2.24, 2.45) is 0 Å². The summed E-state index contributed by atoms with van der Waals surface area (Å²) < 4.78 is 23.9. The molecule has 0 saturated heterocycles. The Morgan fingerprint density at radius 3 is 1.90 bits per heavy atom. The van der Waals surface area contributed by atoms with Gasteiger partial charge in [-0.1, -0.05) is 0 Å². The molecule has 4 nitrogen and oxygen atoms in total. The van der Waals surface area contributed by atoms with E-state index in [1.54, 1.807) is 12.5 Å². The summed E-state index contributed by atoms with van der Waals surface area (Å²) in [6.45, 7) is 0. The highest BCUT2D eigenvalue weighted by atomic mass is 35.5. The third kappa shape index (κ3) is 4.08. The second-order valence-corrected chi connectivity index (χ2v) is 4.30. The molecule has 0 fully saturated rings. The lowest BCUT2D eigenvalue weighted by Crippen LogP contribution is -1.82. The maximum absolute atomic E-state index is 10.9. The van der Waals surface area contributed by atoms with Gasteiger partial charge in [0.2, 0.25) is 0 Å². The molecule has 0 atom stereocenters. The Kier molecular flexibility index (Phi) is 6.34. The topological polar surface area (TPSA) is 44.8 Å². The van der Waals surface area contributed by atoms with Crippen molar-refractivity contribution in [1.29, 1.82) is 0 Å². The van der Waals surface area contributed by atoms with E-state index in [0.29, 0.717) is 0 Å². The molecular formula is C2H6ClO4PS2. The van der Waals surface area contributed by atoms with E-state index in [1.807, 2.05) is 0 Å². The summed E-state index contributed by atoms with van der Waals surface area (Å²) >= 11 is 6.55. The van der Waals surface area contributed by atoms with Gasteiger partial charge in [-0.2, -0.15) is 4.08 Å². The van der Waals surface area contributed by atoms with Crippen molar-refractivity contribution in [1.82, 2.24) is 0 Å². The van der Waals surface area contributed by atoms with Crippen LogP contribution in [-0.2, 0) is 16.6 Å². The highest BCUT2D eigenvalue weighted by molar-refractivity contribution is 8.00. The molecule has 0 bridgehead atoms. The van der Waals surface area contributed by atoms with Gasteiger partial charge in [0.05, 0.1) is 11.9 Å². The molecule has 0 N–H and O–H groups in total. The second-order valence-electron chi connectivity index (χ2n) is 0.999. The van der Waals surface area contributed by atoms with Gasteiger partial charge in [0.1, 0.15) is 0 Å². The van der Waals surface area contributed by atoms with E-state index in [4.69, 9.17) is 11.9 Å². The maximum atomic E-state index is 10.9. The Labute approximate surface area is 73.1 Å². The molecule has 0 aliphatic carbocycles. The maximum Gasteiger partial charge on any atom is 0.513 e. The van der Waals surface area contributed by atoms with Crippen LogP contribution in [0, 0.1) is 0 Å². The van der Waals surface area contributed by atoms with Crippen LogP contribution in [-0.4, -0.2) is 12.5 Å². The van der Waals surface area contributed by atoms with E-state index in [1.165, 1.54) is 0 Å². The van der Waals surface area contributed by atoms with Gasteiger partial charge < -0.3 is 0 Å². The van der Waals surface area contributed by atoms with Gasteiger partial charge >= 0.3 is 7.82 Å². The standard InChI is InChI=1S/C2H6ClO4PS2/c1-9-6-8(4,5-3)7-10-2/h1-2H3. The van der Waals surface area contributed by atoms with Crippen LogP contribution >= 0.6 is 43.8 Å². The minimum atomic E-state index is -3.51. The molecular weight excluding hydrogens is 219 g/mol. The zero-order valence-electron chi connectivity index (χ0n) is 5.27. The molecule has 0 unspecified atom stereocenters. The fourth-order valence-electron chi connectivity index (χ4n) is 0.218. The highest BCUT2D eigenvalue weighted by Gasteiger charge is 2.26. The van der Waals surface area contributed by atoms with E-state index >= 15 is 0 Å².